The molecule has 29 heavy (non-hydrogen) atoms. The molecule has 0 spiro atoms. The molecule has 0 atom stereocenters. The first-order valence-corrected chi connectivity index (χ1v) is 13.0. The molecule has 0 saturated carbocycles. The molecule has 0 bridgehead atoms. The summed E-state index contributed by atoms with van der Waals surface area (Å²) in [4.78, 5) is 0. The Morgan fingerprint density at radius 3 is 2.21 bits per heavy atom. The van der Waals surface area contributed by atoms with Crippen LogP contribution < -0.4 is 21.2 Å². The normalized spacial score (nSPS) is 11.2. The summed E-state index contributed by atoms with van der Waals surface area (Å²) in [5.41, 5.74) is 6.23. The van der Waals surface area contributed by atoms with Gasteiger partial charge in [0.25, 0.3) is 3.57 Å². The Hall–Kier alpha value is -1.62. The van der Waals surface area contributed by atoms with Gasteiger partial charge in [-0.05, 0) is 50.5 Å². The molecule has 2 nitrogen and oxygen atoms in total. The zero-order valence-corrected chi connectivity index (χ0v) is 20.4. The average molecular weight is 502 g/mol. The average Bonchev–Trinajstić information content (AvgIpc) is 3.07. The van der Waals surface area contributed by atoms with Gasteiger partial charge in [-0.15, -0.1) is 0 Å². The molecule has 3 heteroatoms. The largest absolute Gasteiger partial charge is 0.364 e. The van der Waals surface area contributed by atoms with Crippen LogP contribution in [-0.2, 0) is 6.42 Å². The molecule has 0 fully saturated rings. The van der Waals surface area contributed by atoms with Crippen LogP contribution in [0.5, 0.6) is 0 Å². The highest BCUT2D eigenvalue weighted by atomic mass is 127. The standard InChI is InChI=1S/C26H33INO/c1-5-6-7-8-9-13-16-23-25(27-22-14-11-10-12-15-22)26(28-29-23)24-20(3)17-19(2)18-21(24)4/h10-12,14-15,17-18H,5-9,13,16H2,1-4H3/q+1. The van der Waals surface area contributed by atoms with E-state index in [1.807, 2.05) is 0 Å². The van der Waals surface area contributed by atoms with Crippen molar-refractivity contribution < 1.29 is 25.7 Å². The quantitative estimate of drug-likeness (QED) is 0.305. The van der Waals surface area contributed by atoms with E-state index in [0.29, 0.717) is 0 Å². The van der Waals surface area contributed by atoms with E-state index in [4.69, 9.17) is 4.52 Å². The molecule has 2 aromatic carbocycles. The molecule has 3 aromatic rings. The first kappa shape index (κ1) is 22.1. The van der Waals surface area contributed by atoms with E-state index in [2.05, 4.69) is 75.3 Å². The van der Waals surface area contributed by atoms with E-state index in [1.54, 1.807) is 0 Å². The number of hydrogen-bond acceptors (Lipinski definition) is 2. The summed E-state index contributed by atoms with van der Waals surface area (Å²) in [5.74, 6) is 1.12. The number of aryl methyl sites for hydroxylation is 4. The number of nitrogens with zero attached hydrogens (tertiary/aromatic N) is 1. The highest BCUT2D eigenvalue weighted by Crippen LogP contribution is 2.28. The van der Waals surface area contributed by atoms with E-state index in [1.165, 1.54) is 67.9 Å². The third-order valence-electron chi connectivity index (χ3n) is 5.31. The summed E-state index contributed by atoms with van der Waals surface area (Å²) < 4.78 is 8.76. The summed E-state index contributed by atoms with van der Waals surface area (Å²) in [7, 11) is 0. The molecule has 3 rings (SSSR count). The van der Waals surface area contributed by atoms with Gasteiger partial charge in [0.2, 0.25) is 0 Å². The Balaban J connectivity index is 1.87. The SMILES string of the molecule is CCCCCCCCc1onc(-c2c(C)cc(C)cc2C)c1[I+]c1ccccc1. The number of halogens is 1. The maximum atomic E-state index is 5.97. The number of aromatic nitrogens is 1. The Labute approximate surface area is 186 Å². The highest BCUT2D eigenvalue weighted by Gasteiger charge is 2.32. The third-order valence-corrected chi connectivity index (χ3v) is 8.30. The number of hydrogen-bond donors (Lipinski definition) is 0. The lowest BCUT2D eigenvalue weighted by molar-refractivity contribution is -0.597. The molecule has 1 heterocycles. The minimum absolute atomic E-state index is 0.325. The molecule has 0 aliphatic heterocycles. The van der Waals surface area contributed by atoms with E-state index in [0.717, 1.165) is 17.9 Å². The van der Waals surface area contributed by atoms with Crippen molar-refractivity contribution in [2.75, 3.05) is 0 Å². The molecule has 0 radical (unpaired) electrons. The van der Waals surface area contributed by atoms with Crippen molar-refractivity contribution in [2.24, 2.45) is 0 Å². The second-order valence-corrected chi connectivity index (χ2v) is 10.8. The maximum absolute atomic E-state index is 5.97. The Bertz CT molecular complexity index is 891. The zero-order valence-electron chi connectivity index (χ0n) is 18.2. The molecule has 0 N–H and O–H groups in total. The van der Waals surface area contributed by atoms with E-state index >= 15 is 0 Å². The van der Waals surface area contributed by atoms with Gasteiger partial charge in [0.15, 0.2) is 15.0 Å². The first-order valence-electron chi connectivity index (χ1n) is 10.9. The van der Waals surface area contributed by atoms with Crippen LogP contribution >= 0.6 is 0 Å². The lowest BCUT2D eigenvalue weighted by Gasteiger charge is -2.08. The summed E-state index contributed by atoms with van der Waals surface area (Å²) >= 11 is -0.325. The Morgan fingerprint density at radius 2 is 1.52 bits per heavy atom. The van der Waals surface area contributed by atoms with Gasteiger partial charge in [0.1, 0.15) is 0 Å². The lowest BCUT2D eigenvalue weighted by Crippen LogP contribution is -3.61. The number of benzene rings is 2. The number of rotatable bonds is 10. The van der Waals surface area contributed by atoms with Crippen molar-refractivity contribution in [3.63, 3.8) is 0 Å². The topological polar surface area (TPSA) is 26.0 Å². The molecule has 0 aliphatic carbocycles. The van der Waals surface area contributed by atoms with Crippen molar-refractivity contribution in [1.82, 2.24) is 5.16 Å². The fraction of sp³-hybridized carbons (Fsp3) is 0.423. The fourth-order valence-corrected chi connectivity index (χ4v) is 6.62. The lowest BCUT2D eigenvalue weighted by atomic mass is 9.97. The van der Waals surface area contributed by atoms with Gasteiger partial charge >= 0.3 is 21.2 Å². The van der Waals surface area contributed by atoms with Crippen LogP contribution in [0.4, 0.5) is 0 Å². The molecule has 0 aliphatic rings. The summed E-state index contributed by atoms with van der Waals surface area (Å²) in [6, 6.07) is 15.4. The maximum Gasteiger partial charge on any atom is 0.364 e. The van der Waals surface area contributed by atoms with E-state index in [9.17, 15) is 0 Å². The second kappa shape index (κ2) is 11.0. The predicted molar refractivity (Wildman–Crippen MR) is 117 cm³/mol. The molecule has 154 valence electrons. The third kappa shape index (κ3) is 5.94. The molecule has 0 unspecified atom stereocenters. The molecule has 0 saturated heterocycles. The molecular weight excluding hydrogens is 469 g/mol. The van der Waals surface area contributed by atoms with Crippen LogP contribution in [0.25, 0.3) is 11.3 Å². The van der Waals surface area contributed by atoms with Crippen molar-refractivity contribution in [2.45, 2.75) is 72.6 Å². The van der Waals surface area contributed by atoms with Crippen LogP contribution in [0.1, 0.15) is 67.9 Å². The molecule has 0 amide bonds. The second-order valence-electron chi connectivity index (χ2n) is 7.95. The van der Waals surface area contributed by atoms with E-state index in [-0.39, 0.29) is 21.2 Å². The minimum Gasteiger partial charge on any atom is -0.356 e. The predicted octanol–water partition coefficient (Wildman–Crippen LogP) is 4.30. The van der Waals surface area contributed by atoms with Crippen molar-refractivity contribution in [3.05, 3.63) is 72.1 Å². The minimum atomic E-state index is -0.325. The monoisotopic (exact) mass is 502 g/mol. The van der Waals surface area contributed by atoms with Gasteiger partial charge in [0.05, 0.1) is 0 Å². The van der Waals surface area contributed by atoms with E-state index < -0.39 is 0 Å². The van der Waals surface area contributed by atoms with Crippen molar-refractivity contribution in [3.8, 4) is 11.3 Å². The first-order chi connectivity index (χ1) is 14.1. The summed E-state index contributed by atoms with van der Waals surface area (Å²) in [5, 5.41) is 4.61. The van der Waals surface area contributed by atoms with Gasteiger partial charge in [0, 0.05) is 12.0 Å². The van der Waals surface area contributed by atoms with Gasteiger partial charge in [-0.3, -0.25) is 0 Å². The van der Waals surface area contributed by atoms with Crippen LogP contribution in [0.2, 0.25) is 0 Å². The van der Waals surface area contributed by atoms with Crippen LogP contribution in [-0.4, -0.2) is 5.16 Å². The van der Waals surface area contributed by atoms with Gasteiger partial charge in [-0.25, -0.2) is 0 Å². The molecular formula is C26H33INO+. The van der Waals surface area contributed by atoms with Gasteiger partial charge in [-0.1, -0.05) is 80.1 Å². The Kier molecular flexibility index (Phi) is 8.34. The highest BCUT2D eigenvalue weighted by molar-refractivity contribution is 5.67. The smallest absolute Gasteiger partial charge is 0.356 e. The fourth-order valence-electron chi connectivity index (χ4n) is 3.93. The van der Waals surface area contributed by atoms with Gasteiger partial charge in [-0.2, -0.15) is 0 Å². The summed E-state index contributed by atoms with van der Waals surface area (Å²) in [6.45, 7) is 8.82. The zero-order chi connectivity index (χ0) is 20.6. The van der Waals surface area contributed by atoms with Crippen molar-refractivity contribution in [1.29, 1.82) is 0 Å². The van der Waals surface area contributed by atoms with Gasteiger partial charge < -0.3 is 4.52 Å². The van der Waals surface area contributed by atoms with Crippen molar-refractivity contribution >= 4 is 0 Å². The van der Waals surface area contributed by atoms with Crippen LogP contribution in [0.15, 0.2) is 47.0 Å². The Morgan fingerprint density at radius 1 is 0.862 bits per heavy atom. The van der Waals surface area contributed by atoms with Crippen LogP contribution in [0.3, 0.4) is 0 Å². The summed E-state index contributed by atoms with van der Waals surface area (Å²) in [6.07, 6.45) is 8.80. The molecule has 1 aromatic heterocycles. The van der Waals surface area contributed by atoms with Crippen LogP contribution in [0, 0.1) is 27.9 Å². The number of unbranched alkanes of at least 4 members (excludes halogenated alkanes) is 5.